The highest BCUT2D eigenvalue weighted by Gasteiger charge is 2.14. The Labute approximate surface area is 160 Å². The first kappa shape index (κ1) is 17.8. The van der Waals surface area contributed by atoms with Crippen LogP contribution in [0.1, 0.15) is 17.0 Å². The van der Waals surface area contributed by atoms with Gasteiger partial charge < -0.3 is 14.8 Å². The second-order valence-electron chi connectivity index (χ2n) is 6.49. The van der Waals surface area contributed by atoms with Crippen molar-refractivity contribution in [3.8, 4) is 17.3 Å². The lowest BCUT2D eigenvalue weighted by atomic mass is 10.2. The van der Waals surface area contributed by atoms with Crippen molar-refractivity contribution in [2.24, 2.45) is 0 Å². The second kappa shape index (κ2) is 7.18. The van der Waals surface area contributed by atoms with Gasteiger partial charge in [-0.3, -0.25) is 9.59 Å². The Balaban J connectivity index is 1.45. The molecule has 0 spiro atoms. The van der Waals surface area contributed by atoms with Crippen LogP contribution in [0.3, 0.4) is 0 Å². The van der Waals surface area contributed by atoms with Gasteiger partial charge in [-0.15, -0.1) is 5.10 Å². The van der Waals surface area contributed by atoms with E-state index >= 15 is 0 Å². The molecule has 1 N–H and O–H groups in total. The summed E-state index contributed by atoms with van der Waals surface area (Å²) in [7, 11) is 0. The molecule has 1 aliphatic heterocycles. The van der Waals surface area contributed by atoms with Crippen molar-refractivity contribution >= 4 is 5.91 Å². The molecule has 0 fully saturated rings. The van der Waals surface area contributed by atoms with Crippen molar-refractivity contribution in [2.75, 3.05) is 6.79 Å². The second-order valence-corrected chi connectivity index (χ2v) is 6.49. The van der Waals surface area contributed by atoms with Crippen LogP contribution < -0.4 is 20.3 Å². The zero-order valence-corrected chi connectivity index (χ0v) is 15.5. The van der Waals surface area contributed by atoms with Crippen LogP contribution in [0, 0.1) is 13.8 Å². The summed E-state index contributed by atoms with van der Waals surface area (Å²) in [4.78, 5) is 24.4. The van der Waals surface area contributed by atoms with Crippen molar-refractivity contribution in [1.82, 2.24) is 24.9 Å². The number of benzene rings is 1. The molecule has 9 nitrogen and oxygen atoms in total. The Bertz CT molecular complexity index is 1100. The average Bonchev–Trinajstić information content (AvgIpc) is 3.27. The molecule has 9 heteroatoms. The number of hydrogen-bond donors (Lipinski definition) is 1. The van der Waals surface area contributed by atoms with Gasteiger partial charge >= 0.3 is 0 Å². The van der Waals surface area contributed by atoms with Crippen molar-refractivity contribution in [3.05, 3.63) is 63.7 Å². The topological polar surface area (TPSA) is 100 Å². The first-order valence-electron chi connectivity index (χ1n) is 8.76. The summed E-state index contributed by atoms with van der Waals surface area (Å²) in [6.45, 7) is 4.10. The van der Waals surface area contributed by atoms with Crippen molar-refractivity contribution in [1.29, 1.82) is 0 Å². The maximum atomic E-state index is 12.3. The molecule has 1 aromatic carbocycles. The van der Waals surface area contributed by atoms with E-state index in [9.17, 15) is 9.59 Å². The number of aryl methyl sites for hydroxylation is 2. The highest BCUT2D eigenvalue weighted by molar-refractivity contribution is 5.75. The Hall–Kier alpha value is -3.62. The summed E-state index contributed by atoms with van der Waals surface area (Å²) in [6, 6.07) is 10.3. The van der Waals surface area contributed by atoms with Crippen LogP contribution in [0.2, 0.25) is 0 Å². The minimum atomic E-state index is -0.358. The molecule has 4 rings (SSSR count). The lowest BCUT2D eigenvalue weighted by Crippen LogP contribution is -2.33. The molecule has 0 atom stereocenters. The number of amides is 1. The van der Waals surface area contributed by atoms with Gasteiger partial charge in [-0.05, 0) is 43.7 Å². The van der Waals surface area contributed by atoms with Crippen LogP contribution in [0.25, 0.3) is 5.82 Å². The minimum absolute atomic E-state index is 0.184. The summed E-state index contributed by atoms with van der Waals surface area (Å²) in [6.07, 6.45) is 0. The monoisotopic (exact) mass is 381 g/mol. The molecular formula is C19H19N5O4. The van der Waals surface area contributed by atoms with Gasteiger partial charge in [-0.1, -0.05) is 6.07 Å². The van der Waals surface area contributed by atoms with Crippen LogP contribution in [0.4, 0.5) is 0 Å². The van der Waals surface area contributed by atoms with E-state index in [2.05, 4.69) is 15.5 Å². The molecule has 0 bridgehead atoms. The predicted molar refractivity (Wildman–Crippen MR) is 99.5 cm³/mol. The van der Waals surface area contributed by atoms with Crippen LogP contribution >= 0.6 is 0 Å². The van der Waals surface area contributed by atoms with Gasteiger partial charge in [0.05, 0.1) is 5.69 Å². The first-order chi connectivity index (χ1) is 13.5. The Morgan fingerprint density at radius 2 is 1.93 bits per heavy atom. The van der Waals surface area contributed by atoms with E-state index in [-0.39, 0.29) is 24.8 Å². The highest BCUT2D eigenvalue weighted by Crippen LogP contribution is 2.32. The Morgan fingerprint density at radius 1 is 1.11 bits per heavy atom. The van der Waals surface area contributed by atoms with Gasteiger partial charge in [-0.2, -0.15) is 5.10 Å². The number of aromatic nitrogens is 4. The van der Waals surface area contributed by atoms with Gasteiger partial charge in [0, 0.05) is 18.3 Å². The van der Waals surface area contributed by atoms with Crippen LogP contribution in [-0.2, 0) is 17.9 Å². The summed E-state index contributed by atoms with van der Waals surface area (Å²) < 4.78 is 13.4. The van der Waals surface area contributed by atoms with Crippen LogP contribution in [-0.4, -0.2) is 32.3 Å². The molecule has 28 heavy (non-hydrogen) atoms. The van der Waals surface area contributed by atoms with Gasteiger partial charge in [0.15, 0.2) is 17.3 Å². The zero-order valence-electron chi connectivity index (χ0n) is 15.5. The fourth-order valence-corrected chi connectivity index (χ4v) is 2.97. The van der Waals surface area contributed by atoms with Gasteiger partial charge in [0.25, 0.3) is 5.56 Å². The minimum Gasteiger partial charge on any atom is -0.454 e. The predicted octanol–water partition coefficient (Wildman–Crippen LogP) is 1.09. The number of nitrogens with zero attached hydrogens (tertiary/aromatic N) is 4. The van der Waals surface area contributed by atoms with Crippen molar-refractivity contribution in [3.63, 3.8) is 0 Å². The molecule has 0 unspecified atom stereocenters. The third kappa shape index (κ3) is 3.59. The van der Waals surface area contributed by atoms with E-state index in [1.54, 1.807) is 16.8 Å². The number of rotatable bonds is 5. The molecule has 0 aliphatic carbocycles. The SMILES string of the molecule is Cc1cc(C)n(-c2ccc(=O)n(CC(=O)NCc3ccc4c(c3)OCO4)n2)n1. The summed E-state index contributed by atoms with van der Waals surface area (Å²) in [5, 5.41) is 11.4. The zero-order chi connectivity index (χ0) is 19.7. The molecule has 0 saturated heterocycles. The fourth-order valence-electron chi connectivity index (χ4n) is 2.97. The molecule has 0 saturated carbocycles. The lowest BCUT2D eigenvalue weighted by Gasteiger charge is -2.09. The van der Waals surface area contributed by atoms with E-state index < -0.39 is 0 Å². The van der Waals surface area contributed by atoms with E-state index in [1.807, 2.05) is 32.0 Å². The molecule has 1 amide bonds. The van der Waals surface area contributed by atoms with E-state index in [1.165, 1.54) is 6.07 Å². The molecule has 0 radical (unpaired) electrons. The number of hydrogen-bond acceptors (Lipinski definition) is 6. The standard InChI is InChI=1S/C19H19N5O4/c1-12-7-13(2)24(21-12)17-5-6-19(26)23(22-17)10-18(25)20-9-14-3-4-15-16(8-14)28-11-27-15/h3-8H,9-11H2,1-2H3,(H,20,25). The maximum Gasteiger partial charge on any atom is 0.267 e. The quantitative estimate of drug-likeness (QED) is 0.710. The van der Waals surface area contributed by atoms with E-state index in [4.69, 9.17) is 9.47 Å². The fraction of sp³-hybridized carbons (Fsp3) is 0.263. The third-order valence-corrected chi connectivity index (χ3v) is 4.30. The van der Waals surface area contributed by atoms with Crippen molar-refractivity contribution < 1.29 is 14.3 Å². The van der Waals surface area contributed by atoms with Gasteiger partial charge in [0.2, 0.25) is 12.7 Å². The smallest absolute Gasteiger partial charge is 0.267 e. The summed E-state index contributed by atoms with van der Waals surface area (Å²) >= 11 is 0. The summed E-state index contributed by atoms with van der Waals surface area (Å²) in [5.41, 5.74) is 2.25. The number of fused-ring (bicyclic) bond motifs is 1. The number of carbonyl (C=O) groups excluding carboxylic acids is 1. The normalized spacial score (nSPS) is 12.2. The number of nitrogens with one attached hydrogen (secondary N) is 1. The van der Waals surface area contributed by atoms with Crippen LogP contribution in [0.15, 0.2) is 41.2 Å². The molecular weight excluding hydrogens is 362 g/mol. The molecule has 3 aromatic rings. The molecule has 144 valence electrons. The van der Waals surface area contributed by atoms with Crippen molar-refractivity contribution in [2.45, 2.75) is 26.9 Å². The summed E-state index contributed by atoms with van der Waals surface area (Å²) in [5.74, 6) is 1.50. The lowest BCUT2D eigenvalue weighted by molar-refractivity contribution is -0.122. The largest absolute Gasteiger partial charge is 0.454 e. The Morgan fingerprint density at radius 3 is 2.71 bits per heavy atom. The van der Waals surface area contributed by atoms with Gasteiger partial charge in [0.1, 0.15) is 6.54 Å². The van der Waals surface area contributed by atoms with E-state index in [0.717, 1.165) is 21.6 Å². The third-order valence-electron chi connectivity index (χ3n) is 4.30. The number of ether oxygens (including phenoxy) is 2. The highest BCUT2D eigenvalue weighted by atomic mass is 16.7. The number of carbonyl (C=O) groups is 1. The Kier molecular flexibility index (Phi) is 4.56. The molecule has 3 heterocycles. The van der Waals surface area contributed by atoms with Crippen LogP contribution in [0.5, 0.6) is 11.5 Å². The molecule has 2 aromatic heterocycles. The average molecular weight is 381 g/mol. The molecule has 1 aliphatic rings. The van der Waals surface area contributed by atoms with E-state index in [0.29, 0.717) is 23.9 Å². The first-order valence-corrected chi connectivity index (χ1v) is 8.76. The van der Waals surface area contributed by atoms with Gasteiger partial charge in [-0.25, -0.2) is 9.36 Å². The maximum absolute atomic E-state index is 12.3.